The number of aromatic nitrogens is 1. The third-order valence-corrected chi connectivity index (χ3v) is 3.27. The van der Waals surface area contributed by atoms with Gasteiger partial charge < -0.3 is 5.11 Å². The van der Waals surface area contributed by atoms with Gasteiger partial charge >= 0.3 is 0 Å². The summed E-state index contributed by atoms with van der Waals surface area (Å²) in [5.74, 6) is 0.259. The van der Waals surface area contributed by atoms with E-state index in [0.29, 0.717) is 6.42 Å². The first-order chi connectivity index (χ1) is 5.92. The fourth-order valence-electron chi connectivity index (χ4n) is 1.06. The molecule has 0 saturated heterocycles. The fraction of sp³-hybridized carbons (Fsp3) is 0.700. The van der Waals surface area contributed by atoms with Crippen molar-refractivity contribution in [3.05, 3.63) is 16.1 Å². The number of nitrogens with zero attached hydrogens (tertiary/aromatic N) is 1. The Bertz CT molecular complexity index is 278. The van der Waals surface area contributed by atoms with E-state index in [1.54, 1.807) is 11.3 Å². The Balaban J connectivity index is 2.68. The Morgan fingerprint density at radius 1 is 1.62 bits per heavy atom. The highest BCUT2D eigenvalue weighted by Gasteiger charge is 2.25. The average Bonchev–Trinajstić information content (AvgIpc) is 2.34. The van der Waals surface area contributed by atoms with E-state index in [1.807, 2.05) is 33.1 Å². The summed E-state index contributed by atoms with van der Waals surface area (Å²) in [5.41, 5.74) is 0.363. The van der Waals surface area contributed by atoms with Crippen LogP contribution < -0.4 is 0 Å². The van der Waals surface area contributed by atoms with E-state index in [2.05, 4.69) is 4.98 Å². The van der Waals surface area contributed by atoms with Crippen LogP contribution in [-0.4, -0.2) is 15.7 Å². The molecule has 0 bridgehead atoms. The lowest BCUT2D eigenvalue weighted by Gasteiger charge is -2.26. The minimum absolute atomic E-state index is 0.259. The Hall–Kier alpha value is -0.410. The van der Waals surface area contributed by atoms with Gasteiger partial charge in [0.1, 0.15) is 0 Å². The van der Waals surface area contributed by atoms with Crippen LogP contribution in [0.4, 0.5) is 0 Å². The molecule has 3 heteroatoms. The number of hydrogen-bond acceptors (Lipinski definition) is 3. The Kier molecular flexibility index (Phi) is 3.09. The molecule has 1 rings (SSSR count). The fourth-order valence-corrected chi connectivity index (χ4v) is 1.67. The number of thiazole rings is 1. The summed E-state index contributed by atoms with van der Waals surface area (Å²) in [7, 11) is 0. The maximum absolute atomic E-state index is 10.0. The van der Waals surface area contributed by atoms with Gasteiger partial charge in [0.2, 0.25) is 0 Å². The molecular weight excluding hydrogens is 182 g/mol. The second-order valence-electron chi connectivity index (χ2n) is 4.05. The molecule has 0 spiro atoms. The summed E-state index contributed by atoms with van der Waals surface area (Å²) in [4.78, 5) is 4.34. The highest BCUT2D eigenvalue weighted by Crippen LogP contribution is 2.22. The van der Waals surface area contributed by atoms with Crippen molar-refractivity contribution in [2.75, 3.05) is 0 Å². The second kappa shape index (κ2) is 3.76. The molecule has 74 valence electrons. The lowest BCUT2D eigenvalue weighted by atomic mass is 9.88. The molecule has 0 amide bonds. The van der Waals surface area contributed by atoms with E-state index < -0.39 is 5.60 Å². The van der Waals surface area contributed by atoms with Gasteiger partial charge in [0.05, 0.1) is 16.3 Å². The molecule has 1 aromatic rings. The SMILES string of the molecule is Cc1nc(CC(C)(O)C(C)C)cs1. The van der Waals surface area contributed by atoms with Crippen LogP contribution in [0.3, 0.4) is 0 Å². The minimum Gasteiger partial charge on any atom is -0.390 e. The number of aryl methyl sites for hydroxylation is 1. The Morgan fingerprint density at radius 3 is 2.62 bits per heavy atom. The summed E-state index contributed by atoms with van der Waals surface area (Å²) in [6, 6.07) is 0. The molecule has 13 heavy (non-hydrogen) atoms. The first-order valence-electron chi connectivity index (χ1n) is 4.55. The third-order valence-electron chi connectivity index (χ3n) is 2.45. The van der Waals surface area contributed by atoms with Crippen molar-refractivity contribution in [2.45, 2.75) is 39.7 Å². The molecule has 0 radical (unpaired) electrons. The second-order valence-corrected chi connectivity index (χ2v) is 5.11. The van der Waals surface area contributed by atoms with Gasteiger partial charge in [-0.3, -0.25) is 0 Å². The Labute approximate surface area is 83.6 Å². The zero-order chi connectivity index (χ0) is 10.1. The summed E-state index contributed by atoms with van der Waals surface area (Å²) in [6.45, 7) is 7.91. The summed E-state index contributed by atoms with van der Waals surface area (Å²) >= 11 is 1.63. The molecule has 1 unspecified atom stereocenters. The molecule has 0 aromatic carbocycles. The number of rotatable bonds is 3. The van der Waals surface area contributed by atoms with Gasteiger partial charge in [0.15, 0.2) is 0 Å². The van der Waals surface area contributed by atoms with Crippen molar-refractivity contribution in [1.82, 2.24) is 4.98 Å². The van der Waals surface area contributed by atoms with Gasteiger partial charge in [-0.25, -0.2) is 4.98 Å². The molecule has 0 saturated carbocycles. The van der Waals surface area contributed by atoms with Crippen LogP contribution in [0, 0.1) is 12.8 Å². The van der Waals surface area contributed by atoms with Crippen molar-refractivity contribution in [3.8, 4) is 0 Å². The molecule has 0 aliphatic rings. The van der Waals surface area contributed by atoms with Crippen molar-refractivity contribution >= 4 is 11.3 Å². The molecule has 2 nitrogen and oxygen atoms in total. The summed E-state index contributed by atoms with van der Waals surface area (Å²) < 4.78 is 0. The van der Waals surface area contributed by atoms with Crippen LogP contribution in [0.5, 0.6) is 0 Å². The molecular formula is C10H17NOS. The monoisotopic (exact) mass is 199 g/mol. The largest absolute Gasteiger partial charge is 0.390 e. The predicted octanol–water partition coefficient (Wildman–Crippen LogP) is 2.40. The Morgan fingerprint density at radius 2 is 2.23 bits per heavy atom. The molecule has 1 aromatic heterocycles. The van der Waals surface area contributed by atoms with Gasteiger partial charge in [-0.1, -0.05) is 13.8 Å². The maximum Gasteiger partial charge on any atom is 0.0897 e. The number of hydrogen-bond donors (Lipinski definition) is 1. The van der Waals surface area contributed by atoms with Gasteiger partial charge in [-0.05, 0) is 19.8 Å². The first-order valence-corrected chi connectivity index (χ1v) is 5.43. The zero-order valence-corrected chi connectivity index (χ0v) is 9.48. The van der Waals surface area contributed by atoms with Gasteiger partial charge in [0, 0.05) is 11.8 Å². The van der Waals surface area contributed by atoms with E-state index in [1.165, 1.54) is 0 Å². The normalized spacial score (nSPS) is 16.2. The van der Waals surface area contributed by atoms with Crippen molar-refractivity contribution in [2.24, 2.45) is 5.92 Å². The van der Waals surface area contributed by atoms with Crippen LogP contribution >= 0.6 is 11.3 Å². The van der Waals surface area contributed by atoms with Crippen LogP contribution in [0.2, 0.25) is 0 Å². The van der Waals surface area contributed by atoms with Crippen molar-refractivity contribution in [1.29, 1.82) is 0 Å². The summed E-state index contributed by atoms with van der Waals surface area (Å²) in [6.07, 6.45) is 0.648. The van der Waals surface area contributed by atoms with Gasteiger partial charge in [0.25, 0.3) is 0 Å². The van der Waals surface area contributed by atoms with Crippen LogP contribution in [0.15, 0.2) is 5.38 Å². The molecule has 1 N–H and O–H groups in total. The van der Waals surface area contributed by atoms with Crippen LogP contribution in [-0.2, 0) is 6.42 Å². The standard InChI is InChI=1S/C10H17NOS/c1-7(2)10(4,12)5-9-6-13-8(3)11-9/h6-7,12H,5H2,1-4H3. The molecule has 1 atom stereocenters. The van der Waals surface area contributed by atoms with Crippen LogP contribution in [0.25, 0.3) is 0 Å². The van der Waals surface area contributed by atoms with Crippen LogP contribution in [0.1, 0.15) is 31.5 Å². The van der Waals surface area contributed by atoms with Gasteiger partial charge in [-0.2, -0.15) is 0 Å². The zero-order valence-electron chi connectivity index (χ0n) is 8.66. The molecule has 0 fully saturated rings. The topological polar surface area (TPSA) is 33.1 Å². The van der Waals surface area contributed by atoms with E-state index in [4.69, 9.17) is 0 Å². The van der Waals surface area contributed by atoms with E-state index >= 15 is 0 Å². The average molecular weight is 199 g/mol. The quantitative estimate of drug-likeness (QED) is 0.811. The minimum atomic E-state index is -0.638. The maximum atomic E-state index is 10.0. The van der Waals surface area contributed by atoms with E-state index in [9.17, 15) is 5.11 Å². The lowest BCUT2D eigenvalue weighted by molar-refractivity contribution is 0.0132. The number of aliphatic hydroxyl groups is 1. The lowest BCUT2D eigenvalue weighted by Crippen LogP contribution is -2.33. The predicted molar refractivity (Wildman–Crippen MR) is 56.0 cm³/mol. The molecule has 0 aliphatic heterocycles. The van der Waals surface area contributed by atoms with E-state index in [0.717, 1.165) is 10.7 Å². The van der Waals surface area contributed by atoms with E-state index in [-0.39, 0.29) is 5.92 Å². The van der Waals surface area contributed by atoms with Crippen molar-refractivity contribution < 1.29 is 5.11 Å². The smallest absolute Gasteiger partial charge is 0.0897 e. The molecule has 0 aliphatic carbocycles. The highest BCUT2D eigenvalue weighted by molar-refractivity contribution is 7.09. The first kappa shape index (κ1) is 10.7. The van der Waals surface area contributed by atoms with Gasteiger partial charge in [-0.15, -0.1) is 11.3 Å². The highest BCUT2D eigenvalue weighted by atomic mass is 32.1. The molecule has 1 heterocycles. The van der Waals surface area contributed by atoms with Crippen molar-refractivity contribution in [3.63, 3.8) is 0 Å². The third kappa shape index (κ3) is 2.78. The summed E-state index contributed by atoms with van der Waals surface area (Å²) in [5, 5.41) is 13.1.